The zero-order valence-corrected chi connectivity index (χ0v) is 21.8. The molecule has 39 heavy (non-hydrogen) atoms. The number of nitrogens with one attached hydrogen (secondary N) is 4. The van der Waals surface area contributed by atoms with E-state index < -0.39 is 41.7 Å². The van der Waals surface area contributed by atoms with Crippen molar-refractivity contribution in [3.05, 3.63) is 53.1 Å². The number of anilines is 1. The molecule has 0 spiro atoms. The van der Waals surface area contributed by atoms with Crippen LogP contribution in [-0.2, 0) is 17.5 Å². The molecule has 2 aromatic carbocycles. The molecule has 212 valence electrons. The molecule has 4 amide bonds. The minimum atomic E-state index is -4.70. The van der Waals surface area contributed by atoms with Gasteiger partial charge in [-0.15, -0.1) is 0 Å². The van der Waals surface area contributed by atoms with E-state index in [1.54, 1.807) is 32.0 Å². The number of carbonyl (C=O) groups excluding carboxylic acids is 3. The van der Waals surface area contributed by atoms with Crippen LogP contribution in [0.1, 0.15) is 41.8 Å². The number of urea groups is 1. The fraction of sp³-hybridized carbons (Fsp3) is 0.423. The number of phenols is 1. The average molecular weight is 552 g/mol. The summed E-state index contributed by atoms with van der Waals surface area (Å²) in [4.78, 5) is 39.4. The maximum Gasteiger partial charge on any atom is 0.416 e. The number of hydrogen-bond donors (Lipinski definition) is 5. The van der Waals surface area contributed by atoms with Gasteiger partial charge in [-0.3, -0.25) is 14.5 Å². The number of halogens is 3. The second-order valence-corrected chi connectivity index (χ2v) is 9.49. The van der Waals surface area contributed by atoms with Crippen molar-refractivity contribution in [1.29, 1.82) is 0 Å². The Balaban J connectivity index is 1.57. The molecule has 0 saturated carbocycles. The highest BCUT2D eigenvalue weighted by atomic mass is 19.4. The number of hydrogen-bond acceptors (Lipinski definition) is 6. The molecule has 0 unspecified atom stereocenters. The third kappa shape index (κ3) is 8.50. The number of amides is 4. The highest BCUT2D eigenvalue weighted by Gasteiger charge is 2.32. The number of likely N-dealkylation sites (tertiary alicyclic amines) is 1. The summed E-state index contributed by atoms with van der Waals surface area (Å²) >= 11 is 0. The van der Waals surface area contributed by atoms with Gasteiger partial charge in [-0.2, -0.15) is 13.2 Å². The van der Waals surface area contributed by atoms with Gasteiger partial charge in [0.1, 0.15) is 0 Å². The van der Waals surface area contributed by atoms with Crippen LogP contribution in [0.4, 0.5) is 23.7 Å². The van der Waals surface area contributed by atoms with Crippen molar-refractivity contribution >= 4 is 23.5 Å². The molecule has 5 N–H and O–H groups in total. The van der Waals surface area contributed by atoms with Crippen LogP contribution in [0.5, 0.6) is 11.5 Å². The van der Waals surface area contributed by atoms with E-state index in [9.17, 15) is 32.7 Å². The molecule has 0 aromatic heterocycles. The highest BCUT2D eigenvalue weighted by molar-refractivity contribution is 6.04. The van der Waals surface area contributed by atoms with Gasteiger partial charge in [0.25, 0.3) is 5.91 Å². The maximum atomic E-state index is 13.2. The molecule has 3 rings (SSSR count). The normalized spacial score (nSPS) is 15.6. The molecule has 1 fully saturated rings. The molecule has 2 aromatic rings. The van der Waals surface area contributed by atoms with E-state index in [0.29, 0.717) is 37.9 Å². The molecule has 13 heteroatoms. The van der Waals surface area contributed by atoms with Crippen LogP contribution in [0.15, 0.2) is 36.4 Å². The molecule has 1 saturated heterocycles. The predicted molar refractivity (Wildman–Crippen MR) is 138 cm³/mol. The Morgan fingerprint density at radius 3 is 2.56 bits per heavy atom. The lowest BCUT2D eigenvalue weighted by Crippen LogP contribution is -2.43. The molecule has 0 aliphatic carbocycles. The lowest BCUT2D eigenvalue weighted by atomic mass is 10.1. The second-order valence-electron chi connectivity index (χ2n) is 9.49. The number of carbonyl (C=O) groups is 3. The Bertz CT molecular complexity index is 1200. The minimum absolute atomic E-state index is 0.0433. The van der Waals surface area contributed by atoms with E-state index in [1.807, 2.05) is 0 Å². The van der Waals surface area contributed by atoms with Crippen molar-refractivity contribution in [2.75, 3.05) is 32.1 Å². The topological polar surface area (TPSA) is 132 Å². The number of rotatable bonds is 9. The van der Waals surface area contributed by atoms with Crippen LogP contribution < -0.4 is 26.0 Å². The van der Waals surface area contributed by atoms with Gasteiger partial charge in [0, 0.05) is 31.7 Å². The summed E-state index contributed by atoms with van der Waals surface area (Å²) in [5, 5.41) is 19.8. The summed E-state index contributed by atoms with van der Waals surface area (Å²) in [5.74, 6) is -1.03. The van der Waals surface area contributed by atoms with Crippen LogP contribution in [-0.4, -0.2) is 66.7 Å². The smallest absolute Gasteiger partial charge is 0.416 e. The van der Waals surface area contributed by atoms with Crippen LogP contribution in [0, 0.1) is 0 Å². The summed E-state index contributed by atoms with van der Waals surface area (Å²) in [5.41, 5.74) is -0.690. The Labute approximate surface area is 223 Å². The SMILES string of the molecule is COc1cc(CN2CC[C@@H](NC(=O)CNC(=O)c3cc(C(F)(F)F)ccc3NC(=O)NC(C)C)C2)ccc1O. The van der Waals surface area contributed by atoms with Gasteiger partial charge >= 0.3 is 12.2 Å². The largest absolute Gasteiger partial charge is 0.504 e. The summed E-state index contributed by atoms with van der Waals surface area (Å²) in [7, 11) is 1.47. The Hall–Kier alpha value is -4.00. The molecule has 0 radical (unpaired) electrons. The van der Waals surface area contributed by atoms with Crippen LogP contribution in [0.2, 0.25) is 0 Å². The third-order valence-electron chi connectivity index (χ3n) is 5.96. The van der Waals surface area contributed by atoms with Crippen molar-refractivity contribution in [2.24, 2.45) is 0 Å². The van der Waals surface area contributed by atoms with Crippen molar-refractivity contribution in [1.82, 2.24) is 20.9 Å². The first-order valence-electron chi connectivity index (χ1n) is 12.3. The minimum Gasteiger partial charge on any atom is -0.504 e. The number of phenolic OH excluding ortho intramolecular Hbond substituents is 1. The van der Waals surface area contributed by atoms with Gasteiger partial charge in [-0.25, -0.2) is 4.79 Å². The van der Waals surface area contributed by atoms with E-state index in [0.717, 1.165) is 17.7 Å². The van der Waals surface area contributed by atoms with Crippen LogP contribution >= 0.6 is 0 Å². The summed E-state index contributed by atoms with van der Waals surface area (Å²) in [6.45, 7) is 4.78. The first kappa shape index (κ1) is 29.6. The maximum absolute atomic E-state index is 13.2. The van der Waals surface area contributed by atoms with E-state index in [1.165, 1.54) is 7.11 Å². The van der Waals surface area contributed by atoms with Crippen molar-refractivity contribution in [2.45, 2.75) is 45.1 Å². The lowest BCUT2D eigenvalue weighted by molar-refractivity contribution is -0.137. The molecule has 1 heterocycles. The number of methoxy groups -OCH3 is 1. The zero-order valence-electron chi connectivity index (χ0n) is 21.8. The molecular formula is C26H32F3N5O5. The first-order valence-corrected chi connectivity index (χ1v) is 12.3. The van der Waals surface area contributed by atoms with Crippen molar-refractivity contribution in [3.8, 4) is 11.5 Å². The molecular weight excluding hydrogens is 519 g/mol. The van der Waals surface area contributed by atoms with Gasteiger partial charge in [-0.1, -0.05) is 6.07 Å². The van der Waals surface area contributed by atoms with E-state index in [4.69, 9.17) is 4.74 Å². The number of ether oxygens (including phenoxy) is 1. The number of aromatic hydroxyl groups is 1. The third-order valence-corrected chi connectivity index (χ3v) is 5.96. The van der Waals surface area contributed by atoms with Gasteiger partial charge in [-0.05, 0) is 56.2 Å². The Kier molecular flexibility index (Phi) is 9.62. The second kappa shape index (κ2) is 12.7. The Morgan fingerprint density at radius 1 is 1.15 bits per heavy atom. The quantitative estimate of drug-likeness (QED) is 0.326. The predicted octanol–water partition coefficient (Wildman–Crippen LogP) is 3.07. The Morgan fingerprint density at radius 2 is 1.90 bits per heavy atom. The van der Waals surface area contributed by atoms with Gasteiger partial charge < -0.3 is 31.1 Å². The fourth-order valence-electron chi connectivity index (χ4n) is 4.15. The van der Waals surface area contributed by atoms with Crippen molar-refractivity contribution < 1.29 is 37.4 Å². The number of benzene rings is 2. The standard InChI is InChI=1S/C26H32F3N5O5/c1-15(2)31-25(38)33-20-6-5-17(26(27,28)29)11-19(20)24(37)30-12-23(36)32-18-8-9-34(14-18)13-16-4-7-21(35)22(10-16)39-3/h4-7,10-11,15,18,35H,8-9,12-14H2,1-3H3,(H,30,37)(H,32,36)(H2,31,33,38)/t18-/m1/s1. The summed E-state index contributed by atoms with van der Waals surface area (Å²) < 4.78 is 44.9. The van der Waals surface area contributed by atoms with E-state index >= 15 is 0 Å². The van der Waals surface area contributed by atoms with Crippen LogP contribution in [0.3, 0.4) is 0 Å². The molecule has 0 bridgehead atoms. The van der Waals surface area contributed by atoms with E-state index in [2.05, 4.69) is 26.2 Å². The zero-order chi connectivity index (χ0) is 28.7. The summed E-state index contributed by atoms with van der Waals surface area (Å²) in [6, 6.07) is 6.34. The van der Waals surface area contributed by atoms with Gasteiger partial charge in [0.05, 0.1) is 30.5 Å². The molecule has 1 aliphatic rings. The van der Waals surface area contributed by atoms with Crippen LogP contribution in [0.25, 0.3) is 0 Å². The highest BCUT2D eigenvalue weighted by Crippen LogP contribution is 2.32. The molecule has 10 nitrogen and oxygen atoms in total. The van der Waals surface area contributed by atoms with Crippen molar-refractivity contribution in [3.63, 3.8) is 0 Å². The van der Waals surface area contributed by atoms with Gasteiger partial charge in [0.15, 0.2) is 11.5 Å². The van der Waals surface area contributed by atoms with E-state index in [-0.39, 0.29) is 23.5 Å². The monoisotopic (exact) mass is 551 g/mol. The molecule has 1 atom stereocenters. The number of nitrogens with zero attached hydrogens (tertiary/aromatic N) is 1. The molecule has 1 aliphatic heterocycles. The summed E-state index contributed by atoms with van der Waals surface area (Å²) in [6.07, 6.45) is -4.04. The number of alkyl halides is 3. The lowest BCUT2D eigenvalue weighted by Gasteiger charge is -2.18. The average Bonchev–Trinajstić information content (AvgIpc) is 3.29. The van der Waals surface area contributed by atoms with Gasteiger partial charge in [0.2, 0.25) is 5.91 Å². The first-order chi connectivity index (χ1) is 18.3. The fourth-order valence-corrected chi connectivity index (χ4v) is 4.15.